The van der Waals surface area contributed by atoms with Crippen LogP contribution in [0.4, 0.5) is 0 Å². The summed E-state index contributed by atoms with van der Waals surface area (Å²) in [7, 11) is 0. The molecule has 0 unspecified atom stereocenters. The van der Waals surface area contributed by atoms with Gasteiger partial charge in [-0.3, -0.25) is 14.3 Å². The van der Waals surface area contributed by atoms with Crippen LogP contribution in [0.5, 0.6) is 0 Å². The maximum atomic E-state index is 12.8. The molecule has 7 nitrogen and oxygen atoms in total. The van der Waals surface area contributed by atoms with Crippen molar-refractivity contribution < 1.29 is 4.79 Å². The fraction of sp³-hybridized carbons (Fsp3) is 0.300. The highest BCUT2D eigenvalue weighted by Gasteiger charge is 2.30. The van der Waals surface area contributed by atoms with E-state index >= 15 is 0 Å². The van der Waals surface area contributed by atoms with E-state index in [-0.39, 0.29) is 17.6 Å². The molecule has 1 fully saturated rings. The first-order chi connectivity index (χ1) is 13.1. The second-order valence-electron chi connectivity index (χ2n) is 6.80. The van der Waals surface area contributed by atoms with Crippen molar-refractivity contribution in [2.75, 3.05) is 6.54 Å². The van der Waals surface area contributed by atoms with E-state index in [4.69, 9.17) is 0 Å². The van der Waals surface area contributed by atoms with Crippen LogP contribution in [-0.4, -0.2) is 31.8 Å². The molecule has 1 aliphatic carbocycles. The third-order valence-electron chi connectivity index (χ3n) is 4.59. The number of amides is 1. The summed E-state index contributed by atoms with van der Waals surface area (Å²) in [5.74, 6) is 0.487. The number of nitrogens with zero attached hydrogens (tertiary/aromatic N) is 4. The van der Waals surface area contributed by atoms with Gasteiger partial charge in [0.25, 0.3) is 5.91 Å². The molecule has 138 valence electrons. The number of carbonyl (C=O) groups is 1. The molecule has 27 heavy (non-hydrogen) atoms. The van der Waals surface area contributed by atoms with Crippen LogP contribution in [0.3, 0.4) is 0 Å². The van der Waals surface area contributed by atoms with E-state index in [2.05, 4.69) is 15.4 Å². The number of hydrogen-bond donors (Lipinski definition) is 1. The first kappa shape index (κ1) is 17.2. The molecule has 2 aromatic heterocycles. The third-order valence-corrected chi connectivity index (χ3v) is 4.59. The fourth-order valence-electron chi connectivity index (χ4n) is 3.08. The molecule has 3 aromatic rings. The minimum atomic E-state index is -0.152. The molecule has 2 heterocycles. The highest BCUT2D eigenvalue weighted by atomic mass is 16.2. The van der Waals surface area contributed by atoms with Crippen LogP contribution in [0.25, 0.3) is 11.4 Å². The van der Waals surface area contributed by atoms with E-state index in [9.17, 15) is 9.59 Å². The average molecular weight is 363 g/mol. The number of benzene rings is 1. The van der Waals surface area contributed by atoms with Crippen LogP contribution in [0.1, 0.15) is 34.8 Å². The Bertz CT molecular complexity index is 1020. The van der Waals surface area contributed by atoms with Gasteiger partial charge in [-0.1, -0.05) is 17.7 Å². The lowest BCUT2D eigenvalue weighted by atomic mass is 10.1. The molecule has 0 atom stereocenters. The molecule has 7 heteroatoms. The van der Waals surface area contributed by atoms with E-state index in [1.807, 2.05) is 37.3 Å². The third kappa shape index (κ3) is 3.67. The lowest BCUT2D eigenvalue weighted by Crippen LogP contribution is -2.32. The number of rotatable bonds is 6. The predicted octanol–water partition coefficient (Wildman–Crippen LogP) is 2.18. The number of aromatic nitrogens is 4. The smallest absolute Gasteiger partial charge is 0.346 e. The fourth-order valence-corrected chi connectivity index (χ4v) is 3.08. The zero-order valence-electron chi connectivity index (χ0n) is 15.1. The van der Waals surface area contributed by atoms with Gasteiger partial charge >= 0.3 is 5.69 Å². The van der Waals surface area contributed by atoms with Gasteiger partial charge in [-0.15, -0.1) is 5.10 Å². The first-order valence-corrected chi connectivity index (χ1v) is 9.08. The van der Waals surface area contributed by atoms with Crippen molar-refractivity contribution in [1.82, 2.24) is 24.6 Å². The minimum absolute atomic E-state index is 0.138. The lowest BCUT2D eigenvalue weighted by Gasteiger charge is -2.05. The molecular formula is C20H21N5O2. The summed E-state index contributed by atoms with van der Waals surface area (Å²) >= 11 is 0. The molecule has 1 saturated carbocycles. The van der Waals surface area contributed by atoms with Gasteiger partial charge < -0.3 is 5.32 Å². The molecule has 1 aromatic carbocycles. The minimum Gasteiger partial charge on any atom is -0.350 e. The highest BCUT2D eigenvalue weighted by molar-refractivity contribution is 5.94. The molecule has 0 saturated heterocycles. The summed E-state index contributed by atoms with van der Waals surface area (Å²) in [4.78, 5) is 29.1. The Morgan fingerprint density at radius 1 is 1.26 bits per heavy atom. The van der Waals surface area contributed by atoms with E-state index in [1.54, 1.807) is 23.0 Å². The van der Waals surface area contributed by atoms with Crippen molar-refractivity contribution in [3.05, 3.63) is 70.4 Å². The Morgan fingerprint density at radius 3 is 2.81 bits per heavy atom. The largest absolute Gasteiger partial charge is 0.350 e. The Hall–Kier alpha value is -3.22. The van der Waals surface area contributed by atoms with Gasteiger partial charge in [-0.25, -0.2) is 9.48 Å². The topological polar surface area (TPSA) is 81.8 Å². The summed E-state index contributed by atoms with van der Waals surface area (Å²) in [5.41, 5.74) is 2.33. The van der Waals surface area contributed by atoms with Gasteiger partial charge in [0.1, 0.15) is 0 Å². The summed E-state index contributed by atoms with van der Waals surface area (Å²) in [6.45, 7) is 2.60. The summed E-state index contributed by atoms with van der Waals surface area (Å²) in [6, 6.07) is 11.4. The maximum absolute atomic E-state index is 12.8. The van der Waals surface area contributed by atoms with Crippen molar-refractivity contribution >= 4 is 5.91 Å². The Labute approximate surface area is 156 Å². The predicted molar refractivity (Wildman–Crippen MR) is 102 cm³/mol. The molecular weight excluding hydrogens is 342 g/mol. The molecule has 0 spiro atoms. The number of nitrogens with one attached hydrogen (secondary N) is 1. The summed E-state index contributed by atoms with van der Waals surface area (Å²) in [6.07, 6.45) is 5.39. The SMILES string of the molecule is Cc1cccc(C(=O)NCCn2nc(-c3cccnc3)n(C3CC3)c2=O)c1. The first-order valence-electron chi connectivity index (χ1n) is 9.08. The van der Waals surface area contributed by atoms with Crippen molar-refractivity contribution in [1.29, 1.82) is 0 Å². The summed E-state index contributed by atoms with van der Waals surface area (Å²) < 4.78 is 3.18. The molecule has 1 amide bonds. The van der Waals surface area contributed by atoms with Crippen LogP contribution < -0.4 is 11.0 Å². The van der Waals surface area contributed by atoms with Crippen molar-refractivity contribution in [3.63, 3.8) is 0 Å². The highest BCUT2D eigenvalue weighted by Crippen LogP contribution is 2.36. The van der Waals surface area contributed by atoms with Gasteiger partial charge in [0.15, 0.2) is 5.82 Å². The van der Waals surface area contributed by atoms with Crippen LogP contribution in [-0.2, 0) is 6.54 Å². The van der Waals surface area contributed by atoms with Crippen LogP contribution in [0, 0.1) is 6.92 Å². The maximum Gasteiger partial charge on any atom is 0.346 e. The average Bonchev–Trinajstić information content (AvgIpc) is 3.46. The van der Waals surface area contributed by atoms with Crippen LogP contribution in [0.2, 0.25) is 0 Å². The number of hydrogen-bond acceptors (Lipinski definition) is 4. The molecule has 4 rings (SSSR count). The quantitative estimate of drug-likeness (QED) is 0.728. The van der Waals surface area contributed by atoms with Crippen molar-refractivity contribution in [3.8, 4) is 11.4 Å². The van der Waals surface area contributed by atoms with Crippen molar-refractivity contribution in [2.45, 2.75) is 32.4 Å². The van der Waals surface area contributed by atoms with Crippen LogP contribution >= 0.6 is 0 Å². The van der Waals surface area contributed by atoms with E-state index in [0.29, 0.717) is 24.5 Å². The zero-order chi connectivity index (χ0) is 18.8. The Balaban J connectivity index is 1.50. The van der Waals surface area contributed by atoms with Crippen molar-refractivity contribution in [2.24, 2.45) is 0 Å². The number of aryl methyl sites for hydroxylation is 1. The molecule has 0 bridgehead atoms. The standard InChI is InChI=1S/C20H21N5O2/c1-14-4-2-5-15(12-14)19(26)22-10-11-24-20(27)25(17-7-8-17)18(23-24)16-6-3-9-21-13-16/h2-6,9,12-13,17H,7-8,10-11H2,1H3,(H,22,26). The number of carbonyl (C=O) groups excluding carboxylic acids is 1. The monoisotopic (exact) mass is 363 g/mol. The normalized spacial score (nSPS) is 13.5. The molecule has 0 aliphatic heterocycles. The van der Waals surface area contributed by atoms with Gasteiger partial charge in [0, 0.05) is 36.1 Å². The van der Waals surface area contributed by atoms with E-state index in [0.717, 1.165) is 24.0 Å². The molecule has 0 radical (unpaired) electrons. The number of pyridine rings is 1. The lowest BCUT2D eigenvalue weighted by molar-refractivity contribution is 0.0951. The van der Waals surface area contributed by atoms with Gasteiger partial charge in [0.2, 0.25) is 0 Å². The van der Waals surface area contributed by atoms with Gasteiger partial charge in [-0.05, 0) is 44.0 Å². The van der Waals surface area contributed by atoms with Gasteiger partial charge in [0.05, 0.1) is 6.54 Å². The van der Waals surface area contributed by atoms with Gasteiger partial charge in [-0.2, -0.15) is 0 Å². The van der Waals surface area contributed by atoms with Crippen LogP contribution in [0.15, 0.2) is 53.6 Å². The zero-order valence-corrected chi connectivity index (χ0v) is 15.1. The van der Waals surface area contributed by atoms with E-state index in [1.165, 1.54) is 4.68 Å². The Morgan fingerprint density at radius 2 is 2.11 bits per heavy atom. The van der Waals surface area contributed by atoms with E-state index < -0.39 is 0 Å². The second-order valence-corrected chi connectivity index (χ2v) is 6.80. The molecule has 1 N–H and O–H groups in total. The second kappa shape index (κ2) is 7.19. The molecule has 1 aliphatic rings. The summed E-state index contributed by atoms with van der Waals surface area (Å²) in [5, 5.41) is 7.36. The Kier molecular flexibility index (Phi) is 4.58.